The van der Waals surface area contributed by atoms with Gasteiger partial charge in [-0.15, -0.1) is 0 Å². The van der Waals surface area contributed by atoms with Gasteiger partial charge in [0.25, 0.3) is 0 Å². The Morgan fingerprint density at radius 3 is 2.45 bits per heavy atom. The summed E-state index contributed by atoms with van der Waals surface area (Å²) in [7, 11) is 0. The number of fused-ring (bicyclic) bond motifs is 2. The molecule has 2 fully saturated rings. The van der Waals surface area contributed by atoms with E-state index in [0.29, 0.717) is 32.6 Å². The molecule has 1 spiro atoms. The number of hydrogen-bond donors (Lipinski definition) is 1. The molecule has 8 nitrogen and oxygen atoms in total. The summed E-state index contributed by atoms with van der Waals surface area (Å²) in [6, 6.07) is 8.36. The van der Waals surface area contributed by atoms with Gasteiger partial charge in [0.2, 0.25) is 17.7 Å². The van der Waals surface area contributed by atoms with E-state index in [4.69, 9.17) is 4.74 Å². The number of carbonyl (C=O) groups is 3. The fourth-order valence-electron chi connectivity index (χ4n) is 7.09. The van der Waals surface area contributed by atoms with Crippen molar-refractivity contribution in [2.24, 2.45) is 17.8 Å². The summed E-state index contributed by atoms with van der Waals surface area (Å²) >= 11 is 0. The molecular weight excluding hydrogens is 506 g/mol. The average Bonchev–Trinajstić information content (AvgIpc) is 3.27. The smallest absolute Gasteiger partial charge is 0.249 e. The van der Waals surface area contributed by atoms with Crippen LogP contribution in [0.25, 0.3) is 0 Å². The minimum Gasteiger partial charge on any atom is -0.394 e. The highest BCUT2D eigenvalue weighted by atomic mass is 16.5. The maximum atomic E-state index is 14.5. The van der Waals surface area contributed by atoms with Gasteiger partial charge < -0.3 is 24.5 Å². The van der Waals surface area contributed by atoms with Crippen LogP contribution in [0.2, 0.25) is 0 Å². The number of aliphatic hydroxyl groups excluding tert-OH is 1. The summed E-state index contributed by atoms with van der Waals surface area (Å²) in [6.45, 7) is 7.85. The van der Waals surface area contributed by atoms with Gasteiger partial charge in [0.15, 0.2) is 0 Å². The monoisotopic (exact) mass is 549 g/mol. The Hall–Kier alpha value is -2.97. The van der Waals surface area contributed by atoms with Crippen molar-refractivity contribution in [3.8, 4) is 0 Å². The van der Waals surface area contributed by atoms with Gasteiger partial charge in [-0.25, -0.2) is 0 Å². The van der Waals surface area contributed by atoms with Crippen molar-refractivity contribution in [3.63, 3.8) is 0 Å². The lowest BCUT2D eigenvalue weighted by molar-refractivity contribution is -0.151. The quantitative estimate of drug-likeness (QED) is 0.358. The van der Waals surface area contributed by atoms with Crippen LogP contribution < -0.4 is 0 Å². The highest BCUT2D eigenvalue weighted by Crippen LogP contribution is 2.54. The number of nitrogens with zero attached hydrogens (tertiary/aromatic N) is 3. The fraction of sp³-hybridized carbons (Fsp3) is 0.594. The van der Waals surface area contributed by atoms with Crippen molar-refractivity contribution in [1.29, 1.82) is 0 Å². The van der Waals surface area contributed by atoms with Crippen LogP contribution >= 0.6 is 0 Å². The van der Waals surface area contributed by atoms with E-state index in [1.54, 1.807) is 9.80 Å². The topological polar surface area (TPSA) is 90.4 Å². The molecule has 0 aliphatic carbocycles. The second-order valence-electron chi connectivity index (χ2n) is 12.1. The minimum absolute atomic E-state index is 0.135. The summed E-state index contributed by atoms with van der Waals surface area (Å²) in [4.78, 5) is 48.1. The highest BCUT2D eigenvalue weighted by molar-refractivity contribution is 6.00. The molecule has 1 aromatic carbocycles. The van der Waals surface area contributed by atoms with Crippen LogP contribution in [0.4, 0.5) is 0 Å². The Bertz CT molecular complexity index is 1150. The fourth-order valence-corrected chi connectivity index (χ4v) is 7.09. The molecule has 1 unspecified atom stereocenters. The van der Waals surface area contributed by atoms with Gasteiger partial charge in [-0.3, -0.25) is 14.4 Å². The van der Waals surface area contributed by atoms with Gasteiger partial charge in [0.1, 0.15) is 11.6 Å². The molecule has 8 heteroatoms. The lowest BCUT2D eigenvalue weighted by atomic mass is 9.77. The predicted octanol–water partition coefficient (Wildman–Crippen LogP) is 3.16. The van der Waals surface area contributed by atoms with Crippen molar-refractivity contribution in [2.75, 3.05) is 26.2 Å². The summed E-state index contributed by atoms with van der Waals surface area (Å²) in [5.74, 6) is -1.94. The maximum absolute atomic E-state index is 14.5. The molecule has 5 rings (SSSR count). The van der Waals surface area contributed by atoms with Crippen LogP contribution in [0, 0.1) is 17.8 Å². The first-order valence-corrected chi connectivity index (χ1v) is 14.9. The van der Waals surface area contributed by atoms with Crippen LogP contribution in [-0.2, 0) is 25.7 Å². The maximum Gasteiger partial charge on any atom is 0.249 e. The first-order chi connectivity index (χ1) is 19.3. The van der Waals surface area contributed by atoms with Crippen LogP contribution in [-0.4, -0.2) is 87.6 Å². The summed E-state index contributed by atoms with van der Waals surface area (Å²) in [6.07, 6.45) is 10.5. The van der Waals surface area contributed by atoms with Crippen LogP contribution in [0.1, 0.15) is 52.0 Å². The van der Waals surface area contributed by atoms with E-state index >= 15 is 0 Å². The molecule has 2 saturated heterocycles. The first-order valence-electron chi connectivity index (χ1n) is 14.9. The molecule has 0 saturated carbocycles. The number of aliphatic hydroxyl groups is 1. The number of amides is 3. The van der Waals surface area contributed by atoms with E-state index in [2.05, 4.69) is 6.92 Å². The molecule has 1 N–H and O–H groups in total. The van der Waals surface area contributed by atoms with E-state index < -0.39 is 35.6 Å². The molecule has 4 aliphatic heterocycles. The van der Waals surface area contributed by atoms with Crippen molar-refractivity contribution in [1.82, 2.24) is 14.7 Å². The number of carbonyl (C=O) groups excluding carboxylic acids is 3. The van der Waals surface area contributed by atoms with E-state index in [1.807, 2.05) is 73.4 Å². The zero-order chi connectivity index (χ0) is 28.4. The Morgan fingerprint density at radius 1 is 1.00 bits per heavy atom. The Kier molecular flexibility index (Phi) is 8.47. The van der Waals surface area contributed by atoms with E-state index in [-0.39, 0.29) is 30.2 Å². The standard InChI is InChI=1S/C32H43N3O5/c1-4-5-9-16-33-18-11-15-32-27(30(38)35(28(32)31(33)39)24(21-36)19-22(2)3)26-25(40-32)14-10-17-34(29(26)37)20-23-12-7-6-8-13-23/h6-8,10-15,22,24-28,36H,4-5,9,16-21H2,1-3H3/t24-,25-,26+,27+,28?,32+/m1/s1. The van der Waals surface area contributed by atoms with Gasteiger partial charge in [-0.2, -0.15) is 0 Å². The third kappa shape index (κ3) is 5.00. The third-order valence-corrected chi connectivity index (χ3v) is 8.86. The van der Waals surface area contributed by atoms with E-state index in [9.17, 15) is 19.5 Å². The number of benzene rings is 1. The minimum atomic E-state index is -1.26. The van der Waals surface area contributed by atoms with E-state index in [1.165, 1.54) is 0 Å². The Balaban J connectivity index is 1.54. The largest absolute Gasteiger partial charge is 0.394 e. The zero-order valence-electron chi connectivity index (χ0n) is 23.9. The van der Waals surface area contributed by atoms with Gasteiger partial charge in [0, 0.05) is 26.2 Å². The molecule has 40 heavy (non-hydrogen) atoms. The first kappa shape index (κ1) is 28.6. The predicted molar refractivity (Wildman–Crippen MR) is 152 cm³/mol. The molecule has 0 bridgehead atoms. The number of unbranched alkanes of at least 4 members (excludes halogenated alkanes) is 2. The molecule has 216 valence electrons. The molecule has 3 amide bonds. The lowest BCUT2D eigenvalue weighted by Crippen LogP contribution is -2.58. The Morgan fingerprint density at radius 2 is 1.75 bits per heavy atom. The van der Waals surface area contributed by atoms with Gasteiger partial charge >= 0.3 is 0 Å². The molecule has 4 aliphatic rings. The van der Waals surface area contributed by atoms with Crippen LogP contribution in [0.5, 0.6) is 0 Å². The second kappa shape index (κ2) is 11.9. The molecule has 0 radical (unpaired) electrons. The zero-order valence-corrected chi connectivity index (χ0v) is 23.9. The van der Waals surface area contributed by atoms with Crippen molar-refractivity contribution < 1.29 is 24.2 Å². The molecule has 6 atom stereocenters. The van der Waals surface area contributed by atoms with Crippen LogP contribution in [0.3, 0.4) is 0 Å². The van der Waals surface area contributed by atoms with Crippen molar-refractivity contribution in [3.05, 3.63) is 60.2 Å². The number of rotatable bonds is 10. The third-order valence-electron chi connectivity index (χ3n) is 8.86. The van der Waals surface area contributed by atoms with Gasteiger partial charge in [-0.05, 0) is 24.3 Å². The second-order valence-corrected chi connectivity index (χ2v) is 12.1. The number of likely N-dealkylation sites (tertiary alicyclic amines) is 1. The average molecular weight is 550 g/mol. The number of ether oxygens (including phenoxy) is 1. The Labute approximate surface area is 237 Å². The molecule has 1 aromatic rings. The van der Waals surface area contributed by atoms with Gasteiger partial charge in [-0.1, -0.05) is 88.2 Å². The summed E-state index contributed by atoms with van der Waals surface area (Å²) in [5.41, 5.74) is -0.249. The lowest BCUT2D eigenvalue weighted by Gasteiger charge is -2.39. The highest BCUT2D eigenvalue weighted by Gasteiger charge is 2.72. The van der Waals surface area contributed by atoms with Crippen molar-refractivity contribution >= 4 is 17.7 Å². The van der Waals surface area contributed by atoms with E-state index in [0.717, 1.165) is 24.8 Å². The normalized spacial score (nSPS) is 30.4. The van der Waals surface area contributed by atoms with Crippen LogP contribution in [0.15, 0.2) is 54.6 Å². The molecule has 0 aromatic heterocycles. The number of hydrogen-bond acceptors (Lipinski definition) is 5. The summed E-state index contributed by atoms with van der Waals surface area (Å²) < 4.78 is 6.74. The summed E-state index contributed by atoms with van der Waals surface area (Å²) in [5, 5.41) is 10.5. The molecular formula is C32H43N3O5. The SMILES string of the molecule is CCCCCN1CC=C[C@]23O[C@@H]4C=CCN(Cc5ccccc5)C(=O)[C@@H]4[C@H]2C(=O)N([C@@H](CO)CC(C)C)C3C1=O. The molecule has 4 heterocycles. The van der Waals surface area contributed by atoms with Gasteiger partial charge in [0.05, 0.1) is 30.6 Å². The van der Waals surface area contributed by atoms with Crippen molar-refractivity contribution in [2.45, 2.75) is 76.8 Å².